The van der Waals surface area contributed by atoms with Gasteiger partial charge in [0.25, 0.3) is 0 Å². The number of para-hydroxylation sites is 2. The lowest BCUT2D eigenvalue weighted by molar-refractivity contribution is -0.121. The van der Waals surface area contributed by atoms with Gasteiger partial charge in [0.05, 0.1) is 20.3 Å². The lowest BCUT2D eigenvalue weighted by atomic mass is 10.2. The Morgan fingerprint density at radius 1 is 1.04 bits per heavy atom. The van der Waals surface area contributed by atoms with Gasteiger partial charge in [-0.25, -0.2) is 0 Å². The largest absolute Gasteiger partial charge is 0.497 e. The molecule has 0 aliphatic rings. The number of hydrogen-bond donors (Lipinski definition) is 1. The van der Waals surface area contributed by atoms with Gasteiger partial charge < -0.3 is 19.5 Å². The first-order chi connectivity index (χ1) is 12.2. The molecule has 0 saturated carbocycles. The Bertz CT molecular complexity index is 672. The van der Waals surface area contributed by atoms with E-state index in [9.17, 15) is 4.79 Å². The Hall–Kier alpha value is -2.69. The van der Waals surface area contributed by atoms with Crippen LogP contribution in [0, 0.1) is 0 Å². The van der Waals surface area contributed by atoms with E-state index in [1.165, 1.54) is 0 Å². The second-order valence-electron chi connectivity index (χ2n) is 5.46. The molecule has 134 valence electrons. The number of nitrogens with one attached hydrogen (secondary N) is 1. The molecule has 0 atom stereocenters. The second-order valence-corrected chi connectivity index (χ2v) is 5.46. The zero-order chi connectivity index (χ0) is 17.9. The maximum absolute atomic E-state index is 11.9. The Labute approximate surface area is 148 Å². The quantitative estimate of drug-likeness (QED) is 0.670. The van der Waals surface area contributed by atoms with Gasteiger partial charge in [-0.1, -0.05) is 24.3 Å². The van der Waals surface area contributed by atoms with Crippen molar-refractivity contribution >= 4 is 5.91 Å². The van der Waals surface area contributed by atoms with Crippen molar-refractivity contribution in [3.05, 3.63) is 54.1 Å². The summed E-state index contributed by atoms with van der Waals surface area (Å²) in [6.07, 6.45) is 1.06. The molecule has 2 rings (SSSR count). The Morgan fingerprint density at radius 2 is 1.80 bits per heavy atom. The smallest absolute Gasteiger partial charge is 0.220 e. The van der Waals surface area contributed by atoms with Crippen LogP contribution < -0.4 is 19.5 Å². The SMILES string of the molecule is CCOc1ccccc1OCCCC(=O)NCc1cccc(OC)c1. The molecule has 1 N–H and O–H groups in total. The number of methoxy groups -OCH3 is 1. The van der Waals surface area contributed by atoms with E-state index in [-0.39, 0.29) is 5.91 Å². The van der Waals surface area contributed by atoms with Gasteiger partial charge in [-0.3, -0.25) is 4.79 Å². The Kier molecular flexibility index (Phi) is 7.63. The van der Waals surface area contributed by atoms with E-state index in [4.69, 9.17) is 14.2 Å². The topological polar surface area (TPSA) is 56.8 Å². The van der Waals surface area contributed by atoms with Crippen LogP contribution in [0.4, 0.5) is 0 Å². The van der Waals surface area contributed by atoms with E-state index >= 15 is 0 Å². The first-order valence-electron chi connectivity index (χ1n) is 8.47. The summed E-state index contributed by atoms with van der Waals surface area (Å²) in [5, 5.41) is 2.91. The van der Waals surface area contributed by atoms with Gasteiger partial charge in [0, 0.05) is 13.0 Å². The van der Waals surface area contributed by atoms with Crippen molar-refractivity contribution in [1.29, 1.82) is 0 Å². The molecule has 0 fully saturated rings. The molecule has 0 bridgehead atoms. The lowest BCUT2D eigenvalue weighted by Gasteiger charge is -2.11. The number of benzene rings is 2. The minimum absolute atomic E-state index is 0.00418. The monoisotopic (exact) mass is 343 g/mol. The molecule has 0 aliphatic carbocycles. The van der Waals surface area contributed by atoms with Gasteiger partial charge in [0.2, 0.25) is 5.91 Å². The van der Waals surface area contributed by atoms with Crippen molar-refractivity contribution in [1.82, 2.24) is 5.32 Å². The normalized spacial score (nSPS) is 10.2. The molecule has 0 heterocycles. The number of carbonyl (C=O) groups excluding carboxylic acids is 1. The molecule has 0 spiro atoms. The van der Waals surface area contributed by atoms with Crippen molar-refractivity contribution in [2.24, 2.45) is 0 Å². The van der Waals surface area contributed by atoms with Crippen molar-refractivity contribution in [2.75, 3.05) is 20.3 Å². The summed E-state index contributed by atoms with van der Waals surface area (Å²) in [7, 11) is 1.63. The first-order valence-corrected chi connectivity index (χ1v) is 8.47. The van der Waals surface area contributed by atoms with Crippen LogP contribution in [-0.4, -0.2) is 26.2 Å². The highest BCUT2D eigenvalue weighted by Gasteiger charge is 2.05. The van der Waals surface area contributed by atoms with Gasteiger partial charge in [0.15, 0.2) is 11.5 Å². The van der Waals surface area contributed by atoms with Gasteiger partial charge >= 0.3 is 0 Å². The average molecular weight is 343 g/mol. The highest BCUT2D eigenvalue weighted by Crippen LogP contribution is 2.26. The predicted octanol–water partition coefficient (Wildman–Crippen LogP) is 3.57. The van der Waals surface area contributed by atoms with Crippen LogP contribution in [0.1, 0.15) is 25.3 Å². The highest BCUT2D eigenvalue weighted by atomic mass is 16.5. The Balaban J connectivity index is 1.68. The molecular weight excluding hydrogens is 318 g/mol. The van der Waals surface area contributed by atoms with Crippen molar-refractivity contribution in [2.45, 2.75) is 26.3 Å². The van der Waals surface area contributed by atoms with Crippen LogP contribution in [0.25, 0.3) is 0 Å². The first kappa shape index (κ1) is 18.6. The molecule has 2 aromatic rings. The number of carbonyl (C=O) groups is 1. The number of ether oxygens (including phenoxy) is 3. The molecule has 25 heavy (non-hydrogen) atoms. The summed E-state index contributed by atoms with van der Waals surface area (Å²) >= 11 is 0. The van der Waals surface area contributed by atoms with Gasteiger partial charge in [-0.2, -0.15) is 0 Å². The fourth-order valence-electron chi connectivity index (χ4n) is 2.33. The third kappa shape index (κ3) is 6.37. The molecule has 1 amide bonds. The maximum Gasteiger partial charge on any atom is 0.220 e. The second kappa shape index (κ2) is 10.2. The Morgan fingerprint density at radius 3 is 2.52 bits per heavy atom. The van der Waals surface area contributed by atoms with Gasteiger partial charge in [-0.15, -0.1) is 0 Å². The summed E-state index contributed by atoms with van der Waals surface area (Å²) in [5.41, 5.74) is 1.01. The summed E-state index contributed by atoms with van der Waals surface area (Å²) in [5.74, 6) is 2.23. The van der Waals surface area contributed by atoms with Crippen LogP contribution in [0.5, 0.6) is 17.2 Å². The molecule has 0 aliphatic heterocycles. The molecular formula is C20H25NO4. The summed E-state index contributed by atoms with van der Waals surface area (Å²) in [6.45, 7) is 3.48. The molecule has 0 radical (unpaired) electrons. The molecule has 5 nitrogen and oxygen atoms in total. The number of hydrogen-bond acceptors (Lipinski definition) is 4. The van der Waals surface area contributed by atoms with Crippen LogP contribution in [0.3, 0.4) is 0 Å². The fourth-order valence-corrected chi connectivity index (χ4v) is 2.33. The standard InChI is InChI=1S/C20H25NO4/c1-3-24-18-10-4-5-11-19(18)25-13-7-12-20(22)21-15-16-8-6-9-17(14-16)23-2/h4-6,8-11,14H,3,7,12-13,15H2,1-2H3,(H,21,22). The average Bonchev–Trinajstić information content (AvgIpc) is 2.65. The molecule has 5 heteroatoms. The van der Waals surface area contributed by atoms with E-state index < -0.39 is 0 Å². The number of rotatable bonds is 10. The van der Waals surface area contributed by atoms with Crippen LogP contribution in [0.2, 0.25) is 0 Å². The van der Waals surface area contributed by atoms with E-state index in [1.807, 2.05) is 55.5 Å². The van der Waals surface area contributed by atoms with E-state index in [1.54, 1.807) is 7.11 Å². The van der Waals surface area contributed by atoms with Crippen molar-refractivity contribution in [3.63, 3.8) is 0 Å². The van der Waals surface area contributed by atoms with Crippen LogP contribution >= 0.6 is 0 Å². The highest BCUT2D eigenvalue weighted by molar-refractivity contribution is 5.75. The molecule has 2 aromatic carbocycles. The summed E-state index contributed by atoms with van der Waals surface area (Å²) < 4.78 is 16.4. The summed E-state index contributed by atoms with van der Waals surface area (Å²) in [6, 6.07) is 15.2. The zero-order valence-corrected chi connectivity index (χ0v) is 14.8. The van der Waals surface area contributed by atoms with Crippen LogP contribution in [-0.2, 0) is 11.3 Å². The maximum atomic E-state index is 11.9. The van der Waals surface area contributed by atoms with Crippen LogP contribution in [0.15, 0.2) is 48.5 Å². The molecule has 0 unspecified atom stereocenters. The van der Waals surface area contributed by atoms with E-state index in [0.29, 0.717) is 38.3 Å². The fraction of sp³-hybridized carbons (Fsp3) is 0.350. The molecule has 0 aromatic heterocycles. The number of amides is 1. The van der Waals surface area contributed by atoms with Crippen molar-refractivity contribution in [3.8, 4) is 17.2 Å². The van der Waals surface area contributed by atoms with E-state index in [2.05, 4.69) is 5.32 Å². The minimum Gasteiger partial charge on any atom is -0.497 e. The third-order valence-corrected chi connectivity index (χ3v) is 3.58. The summed E-state index contributed by atoms with van der Waals surface area (Å²) in [4.78, 5) is 11.9. The third-order valence-electron chi connectivity index (χ3n) is 3.58. The predicted molar refractivity (Wildman–Crippen MR) is 97.2 cm³/mol. The van der Waals surface area contributed by atoms with Gasteiger partial charge in [0.1, 0.15) is 5.75 Å². The molecule has 0 saturated heterocycles. The lowest BCUT2D eigenvalue weighted by Crippen LogP contribution is -2.23. The van der Waals surface area contributed by atoms with Gasteiger partial charge in [-0.05, 0) is 43.2 Å². The van der Waals surface area contributed by atoms with E-state index in [0.717, 1.165) is 17.1 Å². The van der Waals surface area contributed by atoms with Crippen molar-refractivity contribution < 1.29 is 19.0 Å². The zero-order valence-electron chi connectivity index (χ0n) is 14.8. The minimum atomic E-state index is 0.00418.